The minimum Gasteiger partial charge on any atom is -0.466 e. The zero-order valence-electron chi connectivity index (χ0n) is 10.9. The normalized spacial score (nSPS) is 17.9. The van der Waals surface area contributed by atoms with E-state index >= 15 is 0 Å². The highest BCUT2D eigenvalue weighted by atomic mass is 16.6. The highest BCUT2D eigenvalue weighted by Gasteiger charge is 2.16. The van der Waals surface area contributed by atoms with Crippen molar-refractivity contribution in [2.24, 2.45) is 11.1 Å². The lowest BCUT2D eigenvalue weighted by Gasteiger charge is -2.20. The van der Waals surface area contributed by atoms with Crippen molar-refractivity contribution in [3.05, 3.63) is 0 Å². The predicted molar refractivity (Wildman–Crippen MR) is 66.9 cm³/mol. The summed E-state index contributed by atoms with van der Waals surface area (Å²) in [4.78, 5) is 16.2. The minimum absolute atomic E-state index is 0.224. The first-order valence-corrected chi connectivity index (χ1v) is 6.56. The first kappa shape index (κ1) is 14.0. The van der Waals surface area contributed by atoms with Gasteiger partial charge in [-0.05, 0) is 26.7 Å². The molecule has 0 aliphatic heterocycles. The SMILES string of the molecule is CCOC(=O)CCO/N=C(/C)C1CCCCC1. The van der Waals surface area contributed by atoms with Gasteiger partial charge in [0.2, 0.25) is 0 Å². The van der Waals surface area contributed by atoms with Crippen LogP contribution < -0.4 is 0 Å². The molecule has 4 nitrogen and oxygen atoms in total. The summed E-state index contributed by atoms with van der Waals surface area (Å²) in [6.07, 6.45) is 6.64. The summed E-state index contributed by atoms with van der Waals surface area (Å²) >= 11 is 0. The van der Waals surface area contributed by atoms with Crippen molar-refractivity contribution in [1.29, 1.82) is 0 Å². The van der Waals surface area contributed by atoms with Crippen LogP contribution in [-0.4, -0.2) is 24.9 Å². The Labute approximate surface area is 103 Å². The van der Waals surface area contributed by atoms with Crippen molar-refractivity contribution >= 4 is 11.7 Å². The Morgan fingerprint density at radius 3 is 2.65 bits per heavy atom. The number of ether oxygens (including phenoxy) is 1. The van der Waals surface area contributed by atoms with Crippen LogP contribution in [-0.2, 0) is 14.4 Å². The van der Waals surface area contributed by atoms with Crippen LogP contribution in [0, 0.1) is 5.92 Å². The molecule has 98 valence electrons. The molecule has 1 fully saturated rings. The molecule has 4 heteroatoms. The average molecular weight is 241 g/mol. The minimum atomic E-state index is -0.224. The molecule has 1 aliphatic rings. The highest BCUT2D eigenvalue weighted by molar-refractivity contribution is 5.83. The number of esters is 1. The van der Waals surface area contributed by atoms with Gasteiger partial charge in [-0.15, -0.1) is 0 Å². The van der Waals surface area contributed by atoms with Crippen molar-refractivity contribution in [3.8, 4) is 0 Å². The maximum absolute atomic E-state index is 11.0. The summed E-state index contributed by atoms with van der Waals surface area (Å²) in [6.45, 7) is 4.54. The molecule has 0 amide bonds. The smallest absolute Gasteiger partial charge is 0.309 e. The molecule has 0 bridgehead atoms. The van der Waals surface area contributed by atoms with E-state index in [9.17, 15) is 4.79 Å². The van der Waals surface area contributed by atoms with Crippen LogP contribution in [0.1, 0.15) is 52.4 Å². The van der Waals surface area contributed by atoms with Crippen molar-refractivity contribution in [2.75, 3.05) is 13.2 Å². The molecular weight excluding hydrogens is 218 g/mol. The second kappa shape index (κ2) is 8.09. The molecule has 0 N–H and O–H groups in total. The van der Waals surface area contributed by atoms with Crippen LogP contribution in [0.5, 0.6) is 0 Å². The Morgan fingerprint density at radius 1 is 1.29 bits per heavy atom. The molecule has 1 saturated carbocycles. The summed E-state index contributed by atoms with van der Waals surface area (Å²) in [5.41, 5.74) is 1.06. The number of carbonyl (C=O) groups excluding carboxylic acids is 1. The second-order valence-corrected chi connectivity index (χ2v) is 4.46. The van der Waals surface area contributed by atoms with E-state index in [0.29, 0.717) is 19.1 Å². The van der Waals surface area contributed by atoms with E-state index in [1.54, 1.807) is 6.92 Å². The van der Waals surface area contributed by atoms with Crippen LogP contribution in [0.15, 0.2) is 5.16 Å². The zero-order valence-corrected chi connectivity index (χ0v) is 10.9. The molecule has 0 spiro atoms. The largest absolute Gasteiger partial charge is 0.466 e. The summed E-state index contributed by atoms with van der Waals surface area (Å²) in [5, 5.41) is 4.09. The van der Waals surface area contributed by atoms with Gasteiger partial charge in [0, 0.05) is 5.92 Å². The number of oxime groups is 1. The van der Waals surface area contributed by atoms with E-state index in [4.69, 9.17) is 9.57 Å². The van der Waals surface area contributed by atoms with Crippen molar-refractivity contribution < 1.29 is 14.4 Å². The first-order valence-electron chi connectivity index (χ1n) is 6.56. The predicted octanol–water partition coefficient (Wildman–Crippen LogP) is 2.91. The van der Waals surface area contributed by atoms with E-state index in [-0.39, 0.29) is 12.4 Å². The summed E-state index contributed by atoms with van der Waals surface area (Å²) < 4.78 is 4.80. The Balaban J connectivity index is 2.16. The van der Waals surface area contributed by atoms with Crippen LogP contribution in [0.25, 0.3) is 0 Å². The van der Waals surface area contributed by atoms with Gasteiger partial charge in [-0.2, -0.15) is 0 Å². The lowest BCUT2D eigenvalue weighted by Crippen LogP contribution is -2.15. The maximum Gasteiger partial charge on any atom is 0.309 e. The summed E-state index contributed by atoms with van der Waals surface area (Å²) in [5.74, 6) is 0.351. The molecular formula is C13H23NO3. The van der Waals surface area contributed by atoms with Gasteiger partial charge in [0.15, 0.2) is 0 Å². The van der Waals surface area contributed by atoms with Gasteiger partial charge in [0.25, 0.3) is 0 Å². The van der Waals surface area contributed by atoms with Gasteiger partial charge in [-0.1, -0.05) is 24.4 Å². The van der Waals surface area contributed by atoms with E-state index < -0.39 is 0 Å². The number of rotatable bonds is 6. The first-order chi connectivity index (χ1) is 8.24. The molecule has 0 radical (unpaired) electrons. The van der Waals surface area contributed by atoms with E-state index in [2.05, 4.69) is 5.16 Å². The molecule has 0 saturated heterocycles. The van der Waals surface area contributed by atoms with Crippen LogP contribution in [0.3, 0.4) is 0 Å². The third kappa shape index (κ3) is 5.71. The lowest BCUT2D eigenvalue weighted by atomic mass is 9.86. The van der Waals surface area contributed by atoms with Crippen LogP contribution >= 0.6 is 0 Å². The monoisotopic (exact) mass is 241 g/mol. The van der Waals surface area contributed by atoms with Crippen molar-refractivity contribution in [3.63, 3.8) is 0 Å². The van der Waals surface area contributed by atoms with E-state index in [0.717, 1.165) is 5.71 Å². The number of hydrogen-bond acceptors (Lipinski definition) is 4. The van der Waals surface area contributed by atoms with Gasteiger partial charge >= 0.3 is 5.97 Å². The second-order valence-electron chi connectivity index (χ2n) is 4.46. The van der Waals surface area contributed by atoms with Gasteiger partial charge < -0.3 is 9.57 Å². The lowest BCUT2D eigenvalue weighted by molar-refractivity contribution is -0.144. The molecule has 1 rings (SSSR count). The van der Waals surface area contributed by atoms with Gasteiger partial charge in [0.1, 0.15) is 6.61 Å². The van der Waals surface area contributed by atoms with Gasteiger partial charge in [-0.25, -0.2) is 0 Å². The average Bonchev–Trinajstić information content (AvgIpc) is 2.36. The number of nitrogens with zero attached hydrogens (tertiary/aromatic N) is 1. The van der Waals surface area contributed by atoms with Crippen molar-refractivity contribution in [1.82, 2.24) is 0 Å². The quantitative estimate of drug-likeness (QED) is 0.311. The molecule has 0 unspecified atom stereocenters. The molecule has 0 aromatic rings. The third-order valence-electron chi connectivity index (χ3n) is 3.11. The molecule has 0 heterocycles. The van der Waals surface area contributed by atoms with E-state index in [1.165, 1.54) is 32.1 Å². The summed E-state index contributed by atoms with van der Waals surface area (Å²) in [6, 6.07) is 0. The fraction of sp³-hybridized carbons (Fsp3) is 0.846. The summed E-state index contributed by atoms with van der Waals surface area (Å²) in [7, 11) is 0. The maximum atomic E-state index is 11.0. The molecule has 0 aromatic carbocycles. The van der Waals surface area contributed by atoms with Gasteiger partial charge in [-0.3, -0.25) is 4.79 Å². The highest BCUT2D eigenvalue weighted by Crippen LogP contribution is 2.24. The van der Waals surface area contributed by atoms with E-state index in [1.807, 2.05) is 6.92 Å². The topological polar surface area (TPSA) is 47.9 Å². The Kier molecular flexibility index (Phi) is 6.67. The fourth-order valence-electron chi connectivity index (χ4n) is 2.10. The van der Waals surface area contributed by atoms with Gasteiger partial charge in [0.05, 0.1) is 18.7 Å². The molecule has 17 heavy (non-hydrogen) atoms. The fourth-order valence-corrected chi connectivity index (χ4v) is 2.10. The molecule has 1 aliphatic carbocycles. The Bertz CT molecular complexity index is 257. The Hall–Kier alpha value is -1.06. The Morgan fingerprint density at radius 2 is 2.00 bits per heavy atom. The molecule has 0 aromatic heterocycles. The third-order valence-corrected chi connectivity index (χ3v) is 3.11. The van der Waals surface area contributed by atoms with Crippen LogP contribution in [0.4, 0.5) is 0 Å². The zero-order chi connectivity index (χ0) is 12.5. The number of hydrogen-bond donors (Lipinski definition) is 0. The molecule has 0 atom stereocenters. The standard InChI is InChI=1S/C13H23NO3/c1-3-16-13(15)9-10-17-14-11(2)12-7-5-4-6-8-12/h12H,3-10H2,1-2H3/b14-11-. The van der Waals surface area contributed by atoms with Crippen molar-refractivity contribution in [2.45, 2.75) is 52.4 Å². The van der Waals surface area contributed by atoms with Crippen LogP contribution in [0.2, 0.25) is 0 Å². The number of carbonyl (C=O) groups is 1.